The summed E-state index contributed by atoms with van der Waals surface area (Å²) < 4.78 is 0. The Morgan fingerprint density at radius 2 is 2.09 bits per heavy atom. The van der Waals surface area contributed by atoms with E-state index in [0.29, 0.717) is 17.8 Å². The third kappa shape index (κ3) is 3.73. The fourth-order valence-corrected chi connectivity index (χ4v) is 2.70. The first-order valence-corrected chi connectivity index (χ1v) is 7.51. The Kier molecular flexibility index (Phi) is 5.32. The van der Waals surface area contributed by atoms with Crippen LogP contribution in [0.3, 0.4) is 0 Å². The molecule has 1 saturated heterocycles. The van der Waals surface area contributed by atoms with Crippen molar-refractivity contribution >= 4 is 17.3 Å². The molecular formula is C15H22N4O3. The fraction of sp³-hybridized carbons (Fsp3) is 0.533. The predicted octanol–water partition coefficient (Wildman–Crippen LogP) is 1.85. The fourth-order valence-electron chi connectivity index (χ4n) is 2.70. The number of hydrogen-bond donors (Lipinski definition) is 2. The molecule has 0 bridgehead atoms. The smallest absolute Gasteiger partial charge is 0.270 e. The molecule has 120 valence electrons. The maximum absolute atomic E-state index is 12.3. The maximum Gasteiger partial charge on any atom is 0.270 e. The summed E-state index contributed by atoms with van der Waals surface area (Å²) in [6.07, 6.45) is 2.40. The lowest BCUT2D eigenvalue weighted by molar-refractivity contribution is -0.384. The average Bonchev–Trinajstić information content (AvgIpc) is 3.06. The van der Waals surface area contributed by atoms with E-state index in [1.807, 2.05) is 0 Å². The van der Waals surface area contributed by atoms with Gasteiger partial charge in [0.1, 0.15) is 0 Å². The molecule has 1 aliphatic heterocycles. The van der Waals surface area contributed by atoms with Gasteiger partial charge in [-0.3, -0.25) is 19.8 Å². The highest BCUT2D eigenvalue weighted by Crippen LogP contribution is 2.21. The van der Waals surface area contributed by atoms with E-state index in [1.165, 1.54) is 25.0 Å². The Balaban J connectivity index is 2.04. The van der Waals surface area contributed by atoms with Crippen LogP contribution < -0.4 is 10.6 Å². The first-order valence-electron chi connectivity index (χ1n) is 7.51. The van der Waals surface area contributed by atoms with Gasteiger partial charge in [-0.2, -0.15) is 0 Å². The van der Waals surface area contributed by atoms with Crippen LogP contribution >= 0.6 is 0 Å². The number of amides is 1. The molecule has 0 radical (unpaired) electrons. The lowest BCUT2D eigenvalue weighted by atomic mass is 10.1. The highest BCUT2D eigenvalue weighted by Gasteiger charge is 2.20. The summed E-state index contributed by atoms with van der Waals surface area (Å²) in [4.78, 5) is 25.0. The SMILES string of the molecule is CNc1ccc([N+](=O)[O-])cc1C(=O)NCC(C)N1CCCC1. The number of hydrogen-bond acceptors (Lipinski definition) is 5. The van der Waals surface area contributed by atoms with Crippen molar-refractivity contribution in [1.29, 1.82) is 0 Å². The number of nitrogens with one attached hydrogen (secondary N) is 2. The number of nitro groups is 1. The summed E-state index contributed by atoms with van der Waals surface area (Å²) >= 11 is 0. The maximum atomic E-state index is 12.3. The molecular weight excluding hydrogens is 284 g/mol. The number of nitro benzene ring substituents is 1. The van der Waals surface area contributed by atoms with E-state index in [-0.39, 0.29) is 17.6 Å². The van der Waals surface area contributed by atoms with E-state index in [4.69, 9.17) is 0 Å². The summed E-state index contributed by atoms with van der Waals surface area (Å²) in [6, 6.07) is 4.51. The van der Waals surface area contributed by atoms with Gasteiger partial charge < -0.3 is 10.6 Å². The molecule has 2 N–H and O–H groups in total. The first-order chi connectivity index (χ1) is 10.5. The summed E-state index contributed by atoms with van der Waals surface area (Å²) in [5.41, 5.74) is 0.791. The van der Waals surface area contributed by atoms with Crippen LogP contribution in [0.15, 0.2) is 18.2 Å². The zero-order chi connectivity index (χ0) is 16.1. The second-order valence-corrected chi connectivity index (χ2v) is 5.54. The predicted molar refractivity (Wildman–Crippen MR) is 85.2 cm³/mol. The highest BCUT2D eigenvalue weighted by molar-refractivity contribution is 6.00. The van der Waals surface area contributed by atoms with E-state index in [9.17, 15) is 14.9 Å². The molecule has 0 saturated carbocycles. The Bertz CT molecular complexity index is 556. The zero-order valence-electron chi connectivity index (χ0n) is 13.0. The van der Waals surface area contributed by atoms with Crippen molar-refractivity contribution in [2.45, 2.75) is 25.8 Å². The molecule has 0 aliphatic carbocycles. The van der Waals surface area contributed by atoms with Crippen LogP contribution in [0.1, 0.15) is 30.1 Å². The van der Waals surface area contributed by atoms with E-state index >= 15 is 0 Å². The number of nitrogens with zero attached hydrogens (tertiary/aromatic N) is 2. The molecule has 1 unspecified atom stereocenters. The third-order valence-corrected chi connectivity index (χ3v) is 4.05. The van der Waals surface area contributed by atoms with Gasteiger partial charge in [-0.05, 0) is 38.9 Å². The van der Waals surface area contributed by atoms with Gasteiger partial charge in [-0.15, -0.1) is 0 Å². The normalized spacial score (nSPS) is 16.3. The minimum Gasteiger partial charge on any atom is -0.387 e. The lowest BCUT2D eigenvalue weighted by Crippen LogP contribution is -2.40. The molecule has 0 aromatic heterocycles. The van der Waals surface area contributed by atoms with Crippen LogP contribution in [0, 0.1) is 10.1 Å². The van der Waals surface area contributed by atoms with E-state index in [0.717, 1.165) is 13.1 Å². The van der Waals surface area contributed by atoms with Crippen LogP contribution in [0.25, 0.3) is 0 Å². The number of carbonyl (C=O) groups excluding carboxylic acids is 1. The van der Waals surface area contributed by atoms with Gasteiger partial charge in [0.2, 0.25) is 0 Å². The van der Waals surface area contributed by atoms with Crippen LogP contribution in [0.2, 0.25) is 0 Å². The summed E-state index contributed by atoms with van der Waals surface area (Å²) in [7, 11) is 1.69. The largest absolute Gasteiger partial charge is 0.387 e. The Hall–Kier alpha value is -2.15. The van der Waals surface area contributed by atoms with Crippen LogP contribution in [0.4, 0.5) is 11.4 Å². The van der Waals surface area contributed by atoms with Gasteiger partial charge in [0.15, 0.2) is 0 Å². The number of anilines is 1. The van der Waals surface area contributed by atoms with Crippen molar-refractivity contribution in [2.24, 2.45) is 0 Å². The third-order valence-electron chi connectivity index (χ3n) is 4.05. The van der Waals surface area contributed by atoms with Crippen LogP contribution in [-0.4, -0.2) is 48.5 Å². The molecule has 1 atom stereocenters. The molecule has 7 heteroatoms. The highest BCUT2D eigenvalue weighted by atomic mass is 16.6. The van der Waals surface area contributed by atoms with Gasteiger partial charge in [0, 0.05) is 37.5 Å². The quantitative estimate of drug-likeness (QED) is 0.618. The Morgan fingerprint density at radius 3 is 2.68 bits per heavy atom. The monoisotopic (exact) mass is 306 g/mol. The van der Waals surface area contributed by atoms with Gasteiger partial charge >= 0.3 is 0 Å². The van der Waals surface area contributed by atoms with E-state index in [2.05, 4.69) is 22.5 Å². The summed E-state index contributed by atoms with van der Waals surface area (Å²) in [5, 5.41) is 16.6. The second-order valence-electron chi connectivity index (χ2n) is 5.54. The van der Waals surface area contributed by atoms with Crippen LogP contribution in [-0.2, 0) is 0 Å². The van der Waals surface area contributed by atoms with Crippen molar-refractivity contribution in [2.75, 3.05) is 32.0 Å². The van der Waals surface area contributed by atoms with Gasteiger partial charge in [-0.25, -0.2) is 0 Å². The van der Waals surface area contributed by atoms with Crippen molar-refractivity contribution in [1.82, 2.24) is 10.2 Å². The number of likely N-dealkylation sites (tertiary alicyclic amines) is 1. The average molecular weight is 306 g/mol. The van der Waals surface area contributed by atoms with Crippen molar-refractivity contribution in [3.05, 3.63) is 33.9 Å². The molecule has 1 aromatic carbocycles. The lowest BCUT2D eigenvalue weighted by Gasteiger charge is -2.24. The number of rotatable bonds is 6. The van der Waals surface area contributed by atoms with Crippen LogP contribution in [0.5, 0.6) is 0 Å². The Morgan fingerprint density at radius 1 is 1.41 bits per heavy atom. The second kappa shape index (κ2) is 7.22. The minimum absolute atomic E-state index is 0.0864. The van der Waals surface area contributed by atoms with Gasteiger partial charge in [0.25, 0.3) is 11.6 Å². The standard InChI is InChI=1S/C15H22N4O3/c1-11(18-7-3-4-8-18)10-17-15(20)13-9-12(19(21)22)5-6-14(13)16-2/h5-6,9,11,16H,3-4,7-8,10H2,1-2H3,(H,17,20). The van der Waals surface area contributed by atoms with Gasteiger partial charge in [0.05, 0.1) is 10.5 Å². The topological polar surface area (TPSA) is 87.5 Å². The molecule has 0 spiro atoms. The molecule has 1 amide bonds. The molecule has 7 nitrogen and oxygen atoms in total. The molecule has 1 fully saturated rings. The number of benzene rings is 1. The minimum atomic E-state index is -0.497. The van der Waals surface area contributed by atoms with Crippen molar-refractivity contribution in [3.8, 4) is 0 Å². The Labute approximate surface area is 129 Å². The van der Waals surface area contributed by atoms with Crippen molar-refractivity contribution < 1.29 is 9.72 Å². The molecule has 22 heavy (non-hydrogen) atoms. The summed E-state index contributed by atoms with van der Waals surface area (Å²) in [5.74, 6) is -0.293. The molecule has 1 heterocycles. The number of carbonyl (C=O) groups is 1. The van der Waals surface area contributed by atoms with Gasteiger partial charge in [-0.1, -0.05) is 0 Å². The zero-order valence-corrected chi connectivity index (χ0v) is 13.0. The van der Waals surface area contributed by atoms with Crippen molar-refractivity contribution in [3.63, 3.8) is 0 Å². The molecule has 2 rings (SSSR count). The molecule has 1 aromatic rings. The number of non-ortho nitro benzene ring substituents is 1. The first kappa shape index (κ1) is 16.2. The molecule has 1 aliphatic rings. The van der Waals surface area contributed by atoms with E-state index < -0.39 is 4.92 Å². The van der Waals surface area contributed by atoms with E-state index in [1.54, 1.807) is 13.1 Å². The summed E-state index contributed by atoms with van der Waals surface area (Å²) in [6.45, 7) is 4.74.